The van der Waals surface area contributed by atoms with E-state index in [1.807, 2.05) is 6.20 Å². The van der Waals surface area contributed by atoms with Crippen molar-refractivity contribution in [1.82, 2.24) is 19.5 Å². The van der Waals surface area contributed by atoms with Gasteiger partial charge in [0.2, 0.25) is 11.8 Å². The van der Waals surface area contributed by atoms with Gasteiger partial charge in [0.1, 0.15) is 11.4 Å². The first-order valence-corrected chi connectivity index (χ1v) is 9.11. The van der Waals surface area contributed by atoms with Crippen LogP contribution in [-0.4, -0.2) is 38.4 Å². The molecule has 11 heteroatoms. The average Bonchev–Trinajstić information content (AvgIpc) is 3.28. The number of nitrogens with zero attached hydrogens (tertiary/aromatic N) is 5. The van der Waals surface area contributed by atoms with Crippen molar-refractivity contribution in [3.05, 3.63) is 41.9 Å². The highest BCUT2D eigenvalue weighted by atomic mass is 19.4. The molecule has 0 fully saturated rings. The molecule has 8 nitrogen and oxygen atoms in total. The molecular weight excluding hydrogens is 387 g/mol. The molecule has 0 saturated heterocycles. The molecule has 2 aromatic rings. The molecule has 0 bridgehead atoms. The molecule has 0 amide bonds. The summed E-state index contributed by atoms with van der Waals surface area (Å²) in [6.45, 7) is 4.80. The zero-order valence-corrected chi connectivity index (χ0v) is 16.1. The van der Waals surface area contributed by atoms with E-state index in [0.29, 0.717) is 24.2 Å². The van der Waals surface area contributed by atoms with Crippen LogP contribution in [0, 0.1) is 0 Å². The molecule has 0 saturated carbocycles. The van der Waals surface area contributed by atoms with Gasteiger partial charge in [-0.15, -0.1) is 0 Å². The molecular formula is C18H22F3N7O. The van der Waals surface area contributed by atoms with Crippen LogP contribution in [-0.2, 0) is 12.7 Å². The largest absolute Gasteiger partial charge is 0.477 e. The fourth-order valence-corrected chi connectivity index (χ4v) is 3.04. The highest BCUT2D eigenvalue weighted by Crippen LogP contribution is 2.35. The molecule has 29 heavy (non-hydrogen) atoms. The predicted octanol–water partition coefficient (Wildman–Crippen LogP) is 2.95. The van der Waals surface area contributed by atoms with E-state index >= 15 is 0 Å². The van der Waals surface area contributed by atoms with Crippen molar-refractivity contribution >= 4 is 11.7 Å². The zero-order chi connectivity index (χ0) is 21.0. The van der Waals surface area contributed by atoms with Crippen LogP contribution in [0.25, 0.3) is 0 Å². The molecule has 3 heterocycles. The number of hydrogen-bond donors (Lipinski definition) is 2. The second-order valence-corrected chi connectivity index (χ2v) is 6.44. The predicted molar refractivity (Wildman–Crippen MR) is 102 cm³/mol. The number of aliphatic imine (C=N–C) groups is 1. The summed E-state index contributed by atoms with van der Waals surface area (Å²) >= 11 is 0. The smallest absolute Gasteiger partial charge is 0.423 e. The third kappa shape index (κ3) is 4.66. The van der Waals surface area contributed by atoms with Gasteiger partial charge in [-0.25, -0.2) is 9.97 Å². The van der Waals surface area contributed by atoms with Crippen molar-refractivity contribution in [2.24, 2.45) is 10.7 Å². The summed E-state index contributed by atoms with van der Waals surface area (Å²) in [6, 6.07) is 0. The number of nitrogens with two attached hydrogens (primary N) is 1. The van der Waals surface area contributed by atoms with Crippen LogP contribution in [0.5, 0.6) is 5.88 Å². The number of halogens is 3. The lowest BCUT2D eigenvalue weighted by atomic mass is 10.1. The second-order valence-electron chi connectivity index (χ2n) is 6.44. The van der Waals surface area contributed by atoms with Gasteiger partial charge in [-0.05, 0) is 20.3 Å². The maximum Gasteiger partial charge on any atom is 0.423 e. The number of ether oxygens (including phenoxy) is 1. The SMILES string of the molecule is CCOc1nc(N/C(=C/N)C(C)=NC[C@H]2CCn3ccnc32)ncc1C(F)(F)F. The maximum absolute atomic E-state index is 13.1. The molecule has 0 aromatic carbocycles. The van der Waals surface area contributed by atoms with Crippen LogP contribution in [0.3, 0.4) is 0 Å². The van der Waals surface area contributed by atoms with E-state index in [1.165, 1.54) is 6.20 Å². The lowest BCUT2D eigenvalue weighted by molar-refractivity contribution is -0.139. The summed E-state index contributed by atoms with van der Waals surface area (Å²) in [5, 5.41) is 2.81. The lowest BCUT2D eigenvalue weighted by Gasteiger charge is -2.14. The Hall–Kier alpha value is -3.11. The van der Waals surface area contributed by atoms with E-state index in [-0.39, 0.29) is 18.5 Å². The Kier molecular flexibility index (Phi) is 6.04. The molecule has 0 spiro atoms. The van der Waals surface area contributed by atoms with E-state index in [9.17, 15) is 13.2 Å². The van der Waals surface area contributed by atoms with Crippen LogP contribution >= 0.6 is 0 Å². The molecule has 0 aliphatic carbocycles. The van der Waals surface area contributed by atoms with Crippen molar-refractivity contribution in [3.63, 3.8) is 0 Å². The minimum Gasteiger partial charge on any atom is -0.477 e. The summed E-state index contributed by atoms with van der Waals surface area (Å²) in [6.07, 6.45) is 2.00. The minimum atomic E-state index is -4.61. The van der Waals surface area contributed by atoms with Crippen LogP contribution in [0.4, 0.5) is 19.1 Å². The molecule has 0 unspecified atom stereocenters. The molecule has 3 rings (SSSR count). The number of allylic oxidation sites excluding steroid dienone is 1. The standard InChI is InChI=1S/C18H22F3N7O/c1-3-29-16-13(18(19,20)21)10-25-17(27-16)26-14(8-22)11(2)24-9-12-4-6-28-7-5-23-15(12)28/h5,7-8,10,12H,3-4,6,9,22H2,1-2H3,(H,25,26,27)/b14-8+,24-11?/t12-/m1/s1. The Balaban J connectivity index is 1.73. The van der Waals surface area contributed by atoms with E-state index in [2.05, 4.69) is 29.8 Å². The number of aryl methyl sites for hydroxylation is 1. The summed E-state index contributed by atoms with van der Waals surface area (Å²) in [5.41, 5.74) is 5.61. The average molecular weight is 409 g/mol. The van der Waals surface area contributed by atoms with Gasteiger partial charge >= 0.3 is 6.18 Å². The number of fused-ring (bicyclic) bond motifs is 1. The first-order chi connectivity index (χ1) is 13.8. The third-order valence-electron chi connectivity index (χ3n) is 4.52. The number of rotatable bonds is 7. The minimum absolute atomic E-state index is 0.0384. The zero-order valence-electron chi connectivity index (χ0n) is 16.1. The van der Waals surface area contributed by atoms with E-state index < -0.39 is 17.6 Å². The topological polar surface area (TPSA) is 103 Å². The van der Waals surface area contributed by atoms with Gasteiger partial charge in [-0.2, -0.15) is 18.2 Å². The fourth-order valence-electron chi connectivity index (χ4n) is 3.04. The molecule has 156 valence electrons. The Morgan fingerprint density at radius 3 is 2.93 bits per heavy atom. The molecule has 1 aliphatic heterocycles. The fraction of sp³-hybridized carbons (Fsp3) is 0.444. The van der Waals surface area contributed by atoms with Gasteiger partial charge in [0.05, 0.1) is 18.0 Å². The van der Waals surface area contributed by atoms with Crippen LogP contribution < -0.4 is 15.8 Å². The number of alkyl halides is 3. The Morgan fingerprint density at radius 1 is 1.45 bits per heavy atom. The number of aromatic nitrogens is 4. The maximum atomic E-state index is 13.1. The monoisotopic (exact) mass is 409 g/mol. The first-order valence-electron chi connectivity index (χ1n) is 9.11. The quantitative estimate of drug-likeness (QED) is 0.682. The molecule has 2 aromatic heterocycles. The van der Waals surface area contributed by atoms with Crippen LogP contribution in [0.1, 0.15) is 37.6 Å². The Labute approximate surface area is 165 Å². The highest BCUT2D eigenvalue weighted by molar-refractivity contribution is 6.00. The lowest BCUT2D eigenvalue weighted by Crippen LogP contribution is -2.16. The summed E-state index contributed by atoms with van der Waals surface area (Å²) in [4.78, 5) is 16.5. The van der Waals surface area contributed by atoms with Gasteiger partial charge in [0.25, 0.3) is 0 Å². The molecule has 1 aliphatic rings. The molecule has 0 radical (unpaired) electrons. The van der Waals surface area contributed by atoms with E-state index in [4.69, 9.17) is 10.5 Å². The van der Waals surface area contributed by atoms with Crippen molar-refractivity contribution in [3.8, 4) is 5.88 Å². The number of imidazole rings is 1. The number of hydrogen-bond acceptors (Lipinski definition) is 7. The van der Waals surface area contributed by atoms with Crippen molar-refractivity contribution < 1.29 is 17.9 Å². The van der Waals surface area contributed by atoms with E-state index in [1.54, 1.807) is 20.0 Å². The van der Waals surface area contributed by atoms with Crippen molar-refractivity contribution in [2.45, 2.75) is 38.9 Å². The van der Waals surface area contributed by atoms with Gasteiger partial charge in [-0.3, -0.25) is 4.99 Å². The van der Waals surface area contributed by atoms with Crippen LogP contribution in [0.15, 0.2) is 35.5 Å². The Bertz CT molecular complexity index is 920. The Morgan fingerprint density at radius 2 is 2.24 bits per heavy atom. The second kappa shape index (κ2) is 8.50. The molecule has 1 atom stereocenters. The molecule has 3 N–H and O–H groups in total. The van der Waals surface area contributed by atoms with Crippen LogP contribution in [0.2, 0.25) is 0 Å². The van der Waals surface area contributed by atoms with E-state index in [0.717, 1.165) is 18.8 Å². The van der Waals surface area contributed by atoms with Gasteiger partial charge in [0.15, 0.2) is 0 Å². The van der Waals surface area contributed by atoms with Gasteiger partial charge < -0.3 is 20.4 Å². The summed E-state index contributed by atoms with van der Waals surface area (Å²) < 4.78 is 46.3. The number of anilines is 1. The number of nitrogens with one attached hydrogen (secondary N) is 1. The van der Waals surface area contributed by atoms with Gasteiger partial charge in [0, 0.05) is 43.8 Å². The normalized spacial score (nSPS) is 17.3. The highest BCUT2D eigenvalue weighted by Gasteiger charge is 2.36. The van der Waals surface area contributed by atoms with Gasteiger partial charge in [-0.1, -0.05) is 0 Å². The summed E-state index contributed by atoms with van der Waals surface area (Å²) in [5.74, 6) is 0.608. The van der Waals surface area contributed by atoms with Crippen molar-refractivity contribution in [2.75, 3.05) is 18.5 Å². The summed E-state index contributed by atoms with van der Waals surface area (Å²) in [7, 11) is 0. The first kappa shape index (κ1) is 20.6. The third-order valence-corrected chi connectivity index (χ3v) is 4.52. The van der Waals surface area contributed by atoms with Crippen molar-refractivity contribution in [1.29, 1.82) is 0 Å².